The normalized spacial score (nSPS) is 16.6. The Hall–Kier alpha value is -1.22. The highest BCUT2D eigenvalue weighted by atomic mass is 35.5. The third-order valence-corrected chi connectivity index (χ3v) is 6.66. The van der Waals surface area contributed by atoms with Gasteiger partial charge in [-0.25, -0.2) is 12.7 Å². The van der Waals surface area contributed by atoms with Gasteiger partial charge >= 0.3 is 0 Å². The highest BCUT2D eigenvalue weighted by Crippen LogP contribution is 2.33. The minimum absolute atomic E-state index is 0.0427. The second-order valence-electron chi connectivity index (χ2n) is 5.78. The molecule has 1 aliphatic heterocycles. The third-order valence-electron chi connectivity index (χ3n) is 4.06. The molecule has 3 N–H and O–H groups in total. The average Bonchev–Trinajstić information content (AvgIpc) is 2.57. The maximum atomic E-state index is 12.0. The second kappa shape index (κ2) is 8.44. The quantitative estimate of drug-likeness (QED) is 0.624. The fraction of sp³-hybridized carbons (Fsp3) is 0.533. The van der Waals surface area contributed by atoms with E-state index in [2.05, 4.69) is 10.6 Å². The molecule has 1 aromatic rings. The number of halogens is 2. The predicted octanol–water partition coefficient (Wildman–Crippen LogP) is 2.04. The first kappa shape index (κ1) is 20.1. The van der Waals surface area contributed by atoms with Gasteiger partial charge < -0.3 is 15.7 Å². The minimum atomic E-state index is -3.17. The van der Waals surface area contributed by atoms with E-state index >= 15 is 0 Å². The number of benzene rings is 1. The first-order chi connectivity index (χ1) is 11.7. The number of rotatable bonds is 6. The van der Waals surface area contributed by atoms with Gasteiger partial charge in [-0.05, 0) is 25.8 Å². The molecule has 7 nitrogen and oxygen atoms in total. The van der Waals surface area contributed by atoms with Crippen LogP contribution in [0.1, 0.15) is 19.8 Å². The summed E-state index contributed by atoms with van der Waals surface area (Å²) < 4.78 is 25.1. The van der Waals surface area contributed by atoms with E-state index in [9.17, 15) is 18.3 Å². The molecule has 10 heteroatoms. The summed E-state index contributed by atoms with van der Waals surface area (Å²) in [5.41, 5.74) is 0.313. The summed E-state index contributed by atoms with van der Waals surface area (Å²) in [6.07, 6.45) is 1.14. The van der Waals surface area contributed by atoms with Gasteiger partial charge in [0, 0.05) is 25.2 Å². The number of amides is 1. The van der Waals surface area contributed by atoms with Gasteiger partial charge in [0.1, 0.15) is 5.75 Å². The molecule has 1 heterocycles. The van der Waals surface area contributed by atoms with E-state index in [1.54, 1.807) is 6.92 Å². The van der Waals surface area contributed by atoms with Crippen LogP contribution in [0, 0.1) is 0 Å². The van der Waals surface area contributed by atoms with Gasteiger partial charge in [0.15, 0.2) is 0 Å². The fourth-order valence-corrected chi connectivity index (χ4v) is 4.05. The van der Waals surface area contributed by atoms with Gasteiger partial charge in [0.2, 0.25) is 15.9 Å². The number of sulfonamides is 1. The molecule has 2 rings (SSSR count). The number of phenols is 1. The van der Waals surface area contributed by atoms with E-state index in [0.29, 0.717) is 31.6 Å². The lowest BCUT2D eigenvalue weighted by atomic mass is 10.1. The predicted molar refractivity (Wildman–Crippen MR) is 98.8 cm³/mol. The van der Waals surface area contributed by atoms with Crippen LogP contribution in [0.5, 0.6) is 5.75 Å². The van der Waals surface area contributed by atoms with Crippen molar-refractivity contribution in [2.24, 2.45) is 0 Å². The maximum absolute atomic E-state index is 12.0. The molecule has 0 aromatic heterocycles. The number of carbonyl (C=O) groups excluding carboxylic acids is 1. The number of piperidine rings is 1. The fourth-order valence-electron chi connectivity index (χ4n) is 2.59. The highest BCUT2D eigenvalue weighted by Gasteiger charge is 2.27. The number of hydrogen-bond donors (Lipinski definition) is 3. The Balaban J connectivity index is 1.81. The van der Waals surface area contributed by atoms with Crippen LogP contribution in [0.25, 0.3) is 0 Å². The summed E-state index contributed by atoms with van der Waals surface area (Å²) in [4.78, 5) is 12.0. The molecular weight excluding hydrogens is 389 g/mol. The van der Waals surface area contributed by atoms with Crippen molar-refractivity contribution in [2.75, 3.05) is 30.7 Å². The SMILES string of the molecule is CCS(=O)(=O)N1CCC(NC(=O)CNc2cc(Cl)c(Cl)cc2O)CC1. The number of phenolic OH excluding ortho intramolecular Hbond substituents is 1. The number of aromatic hydroxyl groups is 1. The molecule has 0 atom stereocenters. The molecule has 0 aliphatic carbocycles. The summed E-state index contributed by atoms with van der Waals surface area (Å²) in [5, 5.41) is 15.9. The van der Waals surface area contributed by atoms with E-state index in [1.807, 2.05) is 0 Å². The number of carbonyl (C=O) groups is 1. The zero-order chi connectivity index (χ0) is 18.6. The summed E-state index contributed by atoms with van der Waals surface area (Å²) in [7, 11) is -3.17. The number of nitrogens with zero attached hydrogens (tertiary/aromatic N) is 1. The Kier molecular flexibility index (Phi) is 6.79. The van der Waals surface area contributed by atoms with E-state index in [0.717, 1.165) is 0 Å². The topological polar surface area (TPSA) is 98.7 Å². The number of hydrogen-bond acceptors (Lipinski definition) is 5. The molecule has 0 radical (unpaired) electrons. The monoisotopic (exact) mass is 409 g/mol. The van der Waals surface area contributed by atoms with Gasteiger partial charge in [0.05, 0.1) is 28.0 Å². The Morgan fingerprint density at radius 3 is 2.48 bits per heavy atom. The van der Waals surface area contributed by atoms with Crippen molar-refractivity contribution in [3.8, 4) is 5.75 Å². The smallest absolute Gasteiger partial charge is 0.239 e. The lowest BCUT2D eigenvalue weighted by Gasteiger charge is -2.31. The standard InChI is InChI=1S/C15H21Cl2N3O4S/c1-2-25(23,24)20-5-3-10(4-6-20)19-15(22)9-18-13-7-11(16)12(17)8-14(13)21/h7-8,10,18,21H,2-6,9H2,1H3,(H,19,22). The van der Waals surface area contributed by atoms with Crippen molar-refractivity contribution >= 4 is 44.8 Å². The van der Waals surface area contributed by atoms with Crippen molar-refractivity contribution in [3.05, 3.63) is 22.2 Å². The van der Waals surface area contributed by atoms with Crippen LogP contribution in [0.3, 0.4) is 0 Å². The largest absolute Gasteiger partial charge is 0.506 e. The lowest BCUT2D eigenvalue weighted by Crippen LogP contribution is -2.47. The van der Waals surface area contributed by atoms with E-state index < -0.39 is 10.0 Å². The molecule has 1 fully saturated rings. The van der Waals surface area contributed by atoms with Crippen LogP contribution in [0.15, 0.2) is 12.1 Å². The third kappa shape index (κ3) is 5.37. The highest BCUT2D eigenvalue weighted by molar-refractivity contribution is 7.89. The van der Waals surface area contributed by atoms with Crippen LogP contribution < -0.4 is 10.6 Å². The Morgan fingerprint density at radius 2 is 1.88 bits per heavy atom. The van der Waals surface area contributed by atoms with Gasteiger partial charge in [0.25, 0.3) is 0 Å². The molecule has 1 saturated heterocycles. The molecule has 1 amide bonds. The summed E-state index contributed by atoms with van der Waals surface area (Å²) in [5.74, 6) is -0.260. The van der Waals surface area contributed by atoms with Crippen LogP contribution in [-0.2, 0) is 14.8 Å². The van der Waals surface area contributed by atoms with E-state index in [4.69, 9.17) is 23.2 Å². The Bertz CT molecular complexity index is 735. The molecule has 0 spiro atoms. The van der Waals surface area contributed by atoms with Gasteiger partial charge in [-0.2, -0.15) is 0 Å². The Morgan fingerprint density at radius 1 is 1.28 bits per heavy atom. The second-order valence-corrected chi connectivity index (χ2v) is 8.85. The Labute approximate surface area is 157 Å². The minimum Gasteiger partial charge on any atom is -0.506 e. The van der Waals surface area contributed by atoms with Crippen molar-refractivity contribution < 1.29 is 18.3 Å². The molecule has 0 unspecified atom stereocenters. The van der Waals surface area contributed by atoms with Gasteiger partial charge in [-0.1, -0.05) is 23.2 Å². The van der Waals surface area contributed by atoms with E-state index in [1.165, 1.54) is 16.4 Å². The summed E-state index contributed by atoms with van der Waals surface area (Å²) in [6.45, 7) is 2.39. The van der Waals surface area contributed by atoms with Gasteiger partial charge in [-0.3, -0.25) is 4.79 Å². The van der Waals surface area contributed by atoms with Crippen LogP contribution in [-0.4, -0.2) is 55.2 Å². The van der Waals surface area contributed by atoms with Crippen LogP contribution >= 0.6 is 23.2 Å². The molecule has 140 valence electrons. The molecular formula is C15H21Cl2N3O4S. The van der Waals surface area contributed by atoms with Crippen molar-refractivity contribution in [3.63, 3.8) is 0 Å². The molecule has 0 saturated carbocycles. The first-order valence-electron chi connectivity index (χ1n) is 7.92. The van der Waals surface area contributed by atoms with Crippen molar-refractivity contribution in [2.45, 2.75) is 25.8 Å². The lowest BCUT2D eigenvalue weighted by molar-refractivity contribution is -0.120. The molecule has 25 heavy (non-hydrogen) atoms. The number of nitrogens with one attached hydrogen (secondary N) is 2. The van der Waals surface area contributed by atoms with Crippen LogP contribution in [0.2, 0.25) is 10.0 Å². The molecule has 0 bridgehead atoms. The zero-order valence-corrected chi connectivity index (χ0v) is 16.1. The number of anilines is 1. The molecule has 1 aromatic carbocycles. The average molecular weight is 410 g/mol. The summed E-state index contributed by atoms with van der Waals surface area (Å²) in [6, 6.07) is 2.68. The van der Waals surface area contributed by atoms with Crippen molar-refractivity contribution in [1.29, 1.82) is 0 Å². The van der Waals surface area contributed by atoms with Gasteiger partial charge in [-0.15, -0.1) is 0 Å². The van der Waals surface area contributed by atoms with Crippen molar-refractivity contribution in [1.82, 2.24) is 9.62 Å². The maximum Gasteiger partial charge on any atom is 0.239 e. The first-order valence-corrected chi connectivity index (χ1v) is 10.3. The molecule has 1 aliphatic rings. The van der Waals surface area contributed by atoms with E-state index in [-0.39, 0.29) is 40.0 Å². The van der Waals surface area contributed by atoms with Crippen LogP contribution in [0.4, 0.5) is 5.69 Å². The summed E-state index contributed by atoms with van der Waals surface area (Å²) >= 11 is 11.7. The zero-order valence-electron chi connectivity index (χ0n) is 13.8.